The van der Waals surface area contributed by atoms with Crippen LogP contribution >= 0.6 is 11.6 Å². The molecule has 0 aliphatic rings. The molecule has 0 heterocycles. The zero-order valence-corrected chi connectivity index (χ0v) is 13.4. The molecule has 118 valence electrons. The molecule has 0 aliphatic carbocycles. The number of nitrogens with two attached hydrogens (primary N) is 1. The van der Waals surface area contributed by atoms with Gasteiger partial charge in [-0.05, 0) is 23.3 Å². The topological polar surface area (TPSA) is 87.7 Å². The molecule has 0 aromatic heterocycles. The second kappa shape index (κ2) is 8.36. The molecule has 1 unspecified atom stereocenters. The van der Waals surface area contributed by atoms with Crippen molar-refractivity contribution in [3.05, 3.63) is 52.7 Å². The number of nitrogens with one attached hydrogen (secondary N) is 1. The summed E-state index contributed by atoms with van der Waals surface area (Å²) in [5.74, 6) is -0.306. The van der Waals surface area contributed by atoms with Gasteiger partial charge in [-0.25, -0.2) is 0 Å². The Morgan fingerprint density at radius 1 is 1.59 bits per heavy atom. The SMILES string of the molecule is C=C(CC(O)c1ccc(Cl)cc1/C(C=NC)=C/N)C(=O)NC. The van der Waals surface area contributed by atoms with Gasteiger partial charge in [-0.3, -0.25) is 9.79 Å². The van der Waals surface area contributed by atoms with Crippen molar-refractivity contribution < 1.29 is 9.90 Å². The van der Waals surface area contributed by atoms with Crippen molar-refractivity contribution in [2.45, 2.75) is 12.5 Å². The molecule has 5 nitrogen and oxygen atoms in total. The molecule has 1 rings (SSSR count). The minimum Gasteiger partial charge on any atom is -0.404 e. The lowest BCUT2D eigenvalue weighted by atomic mass is 9.93. The predicted octanol–water partition coefficient (Wildman–Crippen LogP) is 2.07. The van der Waals surface area contributed by atoms with Crippen LogP contribution in [0.4, 0.5) is 0 Å². The average Bonchev–Trinajstić information content (AvgIpc) is 2.51. The number of likely N-dealkylation sites (N-methyl/N-ethyl adjacent to an activating group) is 1. The van der Waals surface area contributed by atoms with Gasteiger partial charge in [0.05, 0.1) is 6.10 Å². The lowest BCUT2D eigenvalue weighted by Gasteiger charge is -2.17. The molecular weight excluding hydrogens is 302 g/mol. The van der Waals surface area contributed by atoms with E-state index in [0.29, 0.717) is 27.3 Å². The molecule has 1 aromatic carbocycles. The van der Waals surface area contributed by atoms with Gasteiger partial charge in [0.1, 0.15) is 0 Å². The predicted molar refractivity (Wildman–Crippen MR) is 90.8 cm³/mol. The fourth-order valence-electron chi connectivity index (χ4n) is 2.02. The number of halogens is 1. The highest BCUT2D eigenvalue weighted by Crippen LogP contribution is 2.30. The zero-order valence-electron chi connectivity index (χ0n) is 12.6. The maximum Gasteiger partial charge on any atom is 0.246 e. The molecule has 0 radical (unpaired) electrons. The fraction of sp³-hybridized carbons (Fsp3) is 0.250. The molecule has 0 bridgehead atoms. The van der Waals surface area contributed by atoms with Crippen LogP contribution in [0, 0.1) is 0 Å². The van der Waals surface area contributed by atoms with E-state index >= 15 is 0 Å². The van der Waals surface area contributed by atoms with Crippen molar-refractivity contribution in [2.75, 3.05) is 14.1 Å². The number of hydrogen-bond donors (Lipinski definition) is 3. The van der Waals surface area contributed by atoms with Gasteiger partial charge in [-0.2, -0.15) is 0 Å². The third-order valence-electron chi connectivity index (χ3n) is 3.12. The standard InChI is InChI=1S/C16H20ClN3O2/c1-10(16(22)20-3)6-15(21)13-5-4-12(17)7-14(13)11(8-18)9-19-2/h4-5,7-9,15,21H,1,6,18H2,2-3H3,(H,20,22)/b11-8+,19-9?. The number of aliphatic hydroxyl groups excluding tert-OH is 1. The van der Waals surface area contributed by atoms with Crippen LogP contribution in [-0.4, -0.2) is 31.3 Å². The summed E-state index contributed by atoms with van der Waals surface area (Å²) in [5.41, 5.74) is 7.81. The summed E-state index contributed by atoms with van der Waals surface area (Å²) in [6.07, 6.45) is 2.17. The van der Waals surface area contributed by atoms with Gasteiger partial charge in [-0.1, -0.05) is 24.2 Å². The van der Waals surface area contributed by atoms with E-state index in [9.17, 15) is 9.90 Å². The summed E-state index contributed by atoms with van der Waals surface area (Å²) < 4.78 is 0. The van der Waals surface area contributed by atoms with Crippen LogP contribution in [-0.2, 0) is 4.79 Å². The molecule has 1 atom stereocenters. The van der Waals surface area contributed by atoms with E-state index in [2.05, 4.69) is 16.9 Å². The number of carbonyl (C=O) groups excluding carboxylic acids is 1. The number of amides is 1. The Morgan fingerprint density at radius 3 is 2.82 bits per heavy atom. The molecule has 0 saturated carbocycles. The Hall–Kier alpha value is -2.11. The minimum atomic E-state index is -0.905. The summed E-state index contributed by atoms with van der Waals surface area (Å²) in [7, 11) is 3.14. The van der Waals surface area contributed by atoms with Crippen LogP contribution in [0.25, 0.3) is 5.57 Å². The Kier molecular flexibility index (Phi) is 6.82. The van der Waals surface area contributed by atoms with Crippen molar-refractivity contribution >= 4 is 29.3 Å². The highest BCUT2D eigenvalue weighted by Gasteiger charge is 2.18. The molecular formula is C16H20ClN3O2. The van der Waals surface area contributed by atoms with Gasteiger partial charge in [0, 0.05) is 49.1 Å². The third kappa shape index (κ3) is 4.44. The van der Waals surface area contributed by atoms with Crippen LogP contribution < -0.4 is 11.1 Å². The summed E-state index contributed by atoms with van der Waals surface area (Å²) in [6, 6.07) is 5.07. The first kappa shape index (κ1) is 17.9. The normalized spacial score (nSPS) is 13.2. The van der Waals surface area contributed by atoms with E-state index in [4.69, 9.17) is 17.3 Å². The van der Waals surface area contributed by atoms with Crippen LogP contribution in [0.1, 0.15) is 23.7 Å². The third-order valence-corrected chi connectivity index (χ3v) is 3.36. The number of hydrogen-bond acceptors (Lipinski definition) is 4. The fourth-order valence-corrected chi connectivity index (χ4v) is 2.20. The Balaban J connectivity index is 3.18. The van der Waals surface area contributed by atoms with Gasteiger partial charge in [-0.15, -0.1) is 0 Å². The molecule has 4 N–H and O–H groups in total. The van der Waals surface area contributed by atoms with Crippen molar-refractivity contribution in [2.24, 2.45) is 10.7 Å². The Bertz CT molecular complexity index is 624. The largest absolute Gasteiger partial charge is 0.404 e. The first-order valence-electron chi connectivity index (χ1n) is 6.66. The monoisotopic (exact) mass is 321 g/mol. The van der Waals surface area contributed by atoms with Crippen molar-refractivity contribution in [1.82, 2.24) is 5.32 Å². The molecule has 0 aliphatic heterocycles. The van der Waals surface area contributed by atoms with E-state index in [0.717, 1.165) is 0 Å². The number of allylic oxidation sites excluding steroid dienone is 1. The molecule has 1 aromatic rings. The van der Waals surface area contributed by atoms with Crippen LogP contribution in [0.3, 0.4) is 0 Å². The maximum absolute atomic E-state index is 11.5. The lowest BCUT2D eigenvalue weighted by Crippen LogP contribution is -2.20. The van der Waals surface area contributed by atoms with E-state index < -0.39 is 6.10 Å². The molecule has 0 fully saturated rings. The highest BCUT2D eigenvalue weighted by molar-refractivity contribution is 6.31. The van der Waals surface area contributed by atoms with Crippen molar-refractivity contribution in [3.8, 4) is 0 Å². The number of aliphatic imine (C=N–C) groups is 1. The number of benzene rings is 1. The average molecular weight is 322 g/mol. The first-order valence-corrected chi connectivity index (χ1v) is 7.04. The van der Waals surface area contributed by atoms with Gasteiger partial charge < -0.3 is 16.2 Å². The summed E-state index contributed by atoms with van der Waals surface area (Å²) in [6.45, 7) is 3.68. The number of rotatable bonds is 6. The highest BCUT2D eigenvalue weighted by atomic mass is 35.5. The van der Waals surface area contributed by atoms with Gasteiger partial charge >= 0.3 is 0 Å². The molecule has 6 heteroatoms. The summed E-state index contributed by atoms with van der Waals surface area (Å²) in [5, 5.41) is 13.4. The van der Waals surface area contributed by atoms with Gasteiger partial charge in [0.15, 0.2) is 0 Å². The minimum absolute atomic E-state index is 0.107. The Labute approximate surface area is 135 Å². The summed E-state index contributed by atoms with van der Waals surface area (Å²) in [4.78, 5) is 15.5. The molecule has 1 amide bonds. The number of nitrogens with zero attached hydrogens (tertiary/aromatic N) is 1. The van der Waals surface area contributed by atoms with E-state index in [1.54, 1.807) is 31.5 Å². The molecule has 22 heavy (non-hydrogen) atoms. The zero-order chi connectivity index (χ0) is 16.7. The molecule has 0 saturated heterocycles. The van der Waals surface area contributed by atoms with Gasteiger partial charge in [0.25, 0.3) is 0 Å². The van der Waals surface area contributed by atoms with Gasteiger partial charge in [0.2, 0.25) is 5.91 Å². The van der Waals surface area contributed by atoms with Crippen LogP contribution in [0.5, 0.6) is 0 Å². The molecule has 0 spiro atoms. The quantitative estimate of drug-likeness (QED) is 0.553. The smallest absolute Gasteiger partial charge is 0.246 e. The lowest BCUT2D eigenvalue weighted by molar-refractivity contribution is -0.117. The van der Waals surface area contributed by atoms with Crippen LogP contribution in [0.15, 0.2) is 41.5 Å². The first-order chi connectivity index (χ1) is 10.4. The van der Waals surface area contributed by atoms with Crippen molar-refractivity contribution in [1.29, 1.82) is 0 Å². The van der Waals surface area contributed by atoms with E-state index in [1.807, 2.05) is 0 Å². The second-order valence-electron chi connectivity index (χ2n) is 4.64. The Morgan fingerprint density at radius 2 is 2.27 bits per heavy atom. The summed E-state index contributed by atoms with van der Waals surface area (Å²) >= 11 is 6.03. The maximum atomic E-state index is 11.5. The van der Waals surface area contributed by atoms with Crippen LogP contribution in [0.2, 0.25) is 5.02 Å². The number of aliphatic hydroxyl groups is 1. The van der Waals surface area contributed by atoms with E-state index in [-0.39, 0.29) is 12.3 Å². The van der Waals surface area contributed by atoms with Crippen molar-refractivity contribution in [3.63, 3.8) is 0 Å². The second-order valence-corrected chi connectivity index (χ2v) is 5.08. The van der Waals surface area contributed by atoms with E-state index in [1.165, 1.54) is 13.2 Å². The number of carbonyl (C=O) groups is 1.